The molecule has 0 aromatic carbocycles. The summed E-state index contributed by atoms with van der Waals surface area (Å²) in [5.41, 5.74) is 11.8. The van der Waals surface area contributed by atoms with Crippen molar-refractivity contribution < 1.29 is 0 Å². The highest BCUT2D eigenvalue weighted by molar-refractivity contribution is 5.61. The van der Waals surface area contributed by atoms with Gasteiger partial charge >= 0.3 is 0 Å². The molecule has 0 atom stereocenters. The molecule has 0 amide bonds. The van der Waals surface area contributed by atoms with Crippen molar-refractivity contribution in [1.29, 1.82) is 0 Å². The van der Waals surface area contributed by atoms with Gasteiger partial charge in [-0.3, -0.25) is 0 Å². The Morgan fingerprint density at radius 2 is 2.00 bits per heavy atom. The van der Waals surface area contributed by atoms with E-state index in [4.69, 9.17) is 11.5 Å². The fourth-order valence-corrected chi connectivity index (χ4v) is 1.54. The van der Waals surface area contributed by atoms with Gasteiger partial charge in [0, 0.05) is 12.6 Å². The van der Waals surface area contributed by atoms with Gasteiger partial charge in [0.1, 0.15) is 11.6 Å². The molecule has 1 rings (SSSR count). The quantitative estimate of drug-likeness (QED) is 0.644. The Labute approximate surface area is 110 Å². The molecule has 0 aliphatic rings. The molecule has 0 aliphatic heterocycles. The standard InChI is InChI=1S/C13H25N5/c1-10(2)18(3)9-5-4-8-16-12-7-6-11(14)13(15)17-12/h6-7,10H,4-5,8-9,14H2,1-3H3,(H3,15,16,17). The molecule has 1 aromatic rings. The van der Waals surface area contributed by atoms with Crippen LogP contribution in [0.4, 0.5) is 17.3 Å². The minimum absolute atomic E-state index is 0.388. The molecule has 0 saturated heterocycles. The number of nitrogens with two attached hydrogens (primary N) is 2. The highest BCUT2D eigenvalue weighted by atomic mass is 15.1. The summed E-state index contributed by atoms with van der Waals surface area (Å²) in [4.78, 5) is 6.51. The molecule has 1 aromatic heterocycles. The van der Waals surface area contributed by atoms with Crippen LogP contribution in [0.3, 0.4) is 0 Å². The van der Waals surface area contributed by atoms with Crippen LogP contribution in [0.2, 0.25) is 0 Å². The largest absolute Gasteiger partial charge is 0.396 e. The topological polar surface area (TPSA) is 80.2 Å². The van der Waals surface area contributed by atoms with Gasteiger partial charge in [0.2, 0.25) is 0 Å². The Hall–Kier alpha value is -1.49. The summed E-state index contributed by atoms with van der Waals surface area (Å²) < 4.78 is 0. The monoisotopic (exact) mass is 251 g/mol. The van der Waals surface area contributed by atoms with E-state index in [1.165, 1.54) is 6.42 Å². The lowest BCUT2D eigenvalue weighted by Crippen LogP contribution is -2.27. The van der Waals surface area contributed by atoms with E-state index in [-0.39, 0.29) is 0 Å². The van der Waals surface area contributed by atoms with E-state index in [1.807, 2.05) is 6.07 Å². The maximum Gasteiger partial charge on any atom is 0.149 e. The van der Waals surface area contributed by atoms with E-state index in [9.17, 15) is 0 Å². The predicted octanol–water partition coefficient (Wildman–Crippen LogP) is 1.78. The highest BCUT2D eigenvalue weighted by Gasteiger charge is 2.02. The van der Waals surface area contributed by atoms with Gasteiger partial charge in [-0.1, -0.05) is 0 Å². The summed E-state index contributed by atoms with van der Waals surface area (Å²) in [6, 6.07) is 4.24. The number of nitrogen functional groups attached to an aromatic ring is 2. The van der Waals surface area contributed by atoms with Crippen molar-refractivity contribution in [1.82, 2.24) is 9.88 Å². The third-order valence-electron chi connectivity index (χ3n) is 3.08. The summed E-state index contributed by atoms with van der Waals surface area (Å²) in [5.74, 6) is 1.18. The molecule has 0 radical (unpaired) electrons. The molecule has 5 nitrogen and oxygen atoms in total. The molecular weight excluding hydrogens is 226 g/mol. The Kier molecular flexibility index (Phi) is 5.71. The fraction of sp³-hybridized carbons (Fsp3) is 0.615. The van der Waals surface area contributed by atoms with Crippen LogP contribution in [-0.4, -0.2) is 36.1 Å². The molecule has 0 bridgehead atoms. The molecule has 0 aliphatic carbocycles. The van der Waals surface area contributed by atoms with Crippen molar-refractivity contribution in [2.24, 2.45) is 0 Å². The van der Waals surface area contributed by atoms with Crippen molar-refractivity contribution in [2.45, 2.75) is 32.7 Å². The predicted molar refractivity (Wildman–Crippen MR) is 78.6 cm³/mol. The maximum atomic E-state index is 5.64. The number of hydrogen-bond acceptors (Lipinski definition) is 5. The average molecular weight is 251 g/mol. The zero-order chi connectivity index (χ0) is 13.5. The molecule has 102 valence electrons. The Morgan fingerprint density at radius 3 is 2.61 bits per heavy atom. The van der Waals surface area contributed by atoms with Gasteiger partial charge < -0.3 is 21.7 Å². The minimum atomic E-state index is 0.388. The second-order valence-electron chi connectivity index (χ2n) is 4.88. The lowest BCUT2D eigenvalue weighted by molar-refractivity contribution is 0.269. The van der Waals surface area contributed by atoms with E-state index >= 15 is 0 Å². The van der Waals surface area contributed by atoms with Crippen LogP contribution >= 0.6 is 0 Å². The van der Waals surface area contributed by atoms with Crippen LogP contribution < -0.4 is 16.8 Å². The minimum Gasteiger partial charge on any atom is -0.396 e. The SMILES string of the molecule is CC(C)N(C)CCCCNc1ccc(N)c(N)n1. The van der Waals surface area contributed by atoms with Crippen LogP contribution in [0.25, 0.3) is 0 Å². The van der Waals surface area contributed by atoms with Gasteiger partial charge in [-0.25, -0.2) is 4.98 Å². The molecule has 5 heteroatoms. The third-order valence-corrected chi connectivity index (χ3v) is 3.08. The summed E-state index contributed by atoms with van der Waals surface area (Å²) >= 11 is 0. The lowest BCUT2D eigenvalue weighted by Gasteiger charge is -2.20. The highest BCUT2D eigenvalue weighted by Crippen LogP contribution is 2.14. The zero-order valence-electron chi connectivity index (χ0n) is 11.6. The van der Waals surface area contributed by atoms with Crippen molar-refractivity contribution in [2.75, 3.05) is 36.9 Å². The third kappa shape index (κ3) is 4.79. The van der Waals surface area contributed by atoms with E-state index in [0.29, 0.717) is 17.5 Å². The Bertz CT molecular complexity index is 364. The van der Waals surface area contributed by atoms with Crippen LogP contribution in [0.1, 0.15) is 26.7 Å². The van der Waals surface area contributed by atoms with Crippen molar-refractivity contribution in [3.8, 4) is 0 Å². The zero-order valence-corrected chi connectivity index (χ0v) is 11.6. The normalized spacial score (nSPS) is 11.2. The van der Waals surface area contributed by atoms with Gasteiger partial charge in [-0.05, 0) is 52.4 Å². The van der Waals surface area contributed by atoms with Crippen LogP contribution in [0, 0.1) is 0 Å². The fourth-order valence-electron chi connectivity index (χ4n) is 1.54. The molecule has 0 saturated carbocycles. The molecular formula is C13H25N5. The Balaban J connectivity index is 2.20. The van der Waals surface area contributed by atoms with Gasteiger partial charge in [-0.2, -0.15) is 0 Å². The molecule has 5 N–H and O–H groups in total. The lowest BCUT2D eigenvalue weighted by atomic mass is 10.2. The number of nitrogens with one attached hydrogen (secondary N) is 1. The summed E-state index contributed by atoms with van der Waals surface area (Å²) in [5, 5.41) is 3.25. The first kappa shape index (κ1) is 14.6. The average Bonchev–Trinajstić information content (AvgIpc) is 2.32. The number of hydrogen-bond donors (Lipinski definition) is 3. The molecule has 18 heavy (non-hydrogen) atoms. The summed E-state index contributed by atoms with van der Waals surface area (Å²) in [7, 11) is 2.15. The second kappa shape index (κ2) is 7.06. The van der Waals surface area contributed by atoms with E-state index in [2.05, 4.69) is 36.1 Å². The molecule has 1 heterocycles. The number of nitrogens with zero attached hydrogens (tertiary/aromatic N) is 2. The summed E-state index contributed by atoms with van der Waals surface area (Å²) in [6.45, 7) is 6.44. The first-order valence-corrected chi connectivity index (χ1v) is 6.47. The summed E-state index contributed by atoms with van der Waals surface area (Å²) in [6.07, 6.45) is 2.29. The Morgan fingerprint density at radius 1 is 1.28 bits per heavy atom. The molecule has 0 spiro atoms. The smallest absolute Gasteiger partial charge is 0.149 e. The molecule has 0 unspecified atom stereocenters. The first-order chi connectivity index (χ1) is 8.50. The van der Waals surface area contributed by atoms with Gasteiger partial charge in [0.25, 0.3) is 0 Å². The van der Waals surface area contributed by atoms with Crippen LogP contribution in [-0.2, 0) is 0 Å². The van der Waals surface area contributed by atoms with E-state index < -0.39 is 0 Å². The van der Waals surface area contributed by atoms with E-state index in [0.717, 1.165) is 25.3 Å². The van der Waals surface area contributed by atoms with Crippen LogP contribution in [0.5, 0.6) is 0 Å². The van der Waals surface area contributed by atoms with E-state index in [1.54, 1.807) is 6.07 Å². The number of unbranched alkanes of at least 4 members (excludes halogenated alkanes) is 1. The molecule has 0 fully saturated rings. The number of rotatable bonds is 7. The number of aromatic nitrogens is 1. The van der Waals surface area contributed by atoms with Crippen molar-refractivity contribution in [3.63, 3.8) is 0 Å². The van der Waals surface area contributed by atoms with Crippen molar-refractivity contribution >= 4 is 17.3 Å². The second-order valence-corrected chi connectivity index (χ2v) is 4.88. The van der Waals surface area contributed by atoms with Gasteiger partial charge in [0.05, 0.1) is 5.69 Å². The number of anilines is 3. The number of pyridine rings is 1. The van der Waals surface area contributed by atoms with Gasteiger partial charge in [-0.15, -0.1) is 0 Å². The first-order valence-electron chi connectivity index (χ1n) is 6.47. The van der Waals surface area contributed by atoms with Crippen LogP contribution in [0.15, 0.2) is 12.1 Å². The van der Waals surface area contributed by atoms with Crippen molar-refractivity contribution in [3.05, 3.63) is 12.1 Å². The van der Waals surface area contributed by atoms with Gasteiger partial charge in [0.15, 0.2) is 0 Å². The maximum absolute atomic E-state index is 5.64.